The summed E-state index contributed by atoms with van der Waals surface area (Å²) in [7, 11) is 0. The number of nitrogens with two attached hydrogens (primary N) is 1. The number of ether oxygens (including phenoxy) is 2. The van der Waals surface area contributed by atoms with Crippen LogP contribution >= 0.6 is 0 Å². The Hall–Kier alpha value is -1.58. The van der Waals surface area contributed by atoms with Gasteiger partial charge in [0.25, 0.3) is 0 Å². The highest BCUT2D eigenvalue weighted by Gasteiger charge is 2.18. The molecule has 0 bridgehead atoms. The average molecular weight is 285 g/mol. The van der Waals surface area contributed by atoms with Crippen LogP contribution in [0.4, 0.5) is 0 Å². The second-order valence-electron chi connectivity index (χ2n) is 5.73. The Morgan fingerprint density at radius 1 is 0.905 bits per heavy atom. The number of fused-ring (bicyclic) bond motifs is 1. The van der Waals surface area contributed by atoms with E-state index in [1.165, 1.54) is 5.39 Å². The maximum absolute atomic E-state index is 5.90. The Bertz CT molecular complexity index is 571. The quantitative estimate of drug-likeness (QED) is 0.855. The molecule has 2 aromatic rings. The Labute approximate surface area is 126 Å². The maximum atomic E-state index is 5.90. The second-order valence-corrected chi connectivity index (χ2v) is 5.73. The van der Waals surface area contributed by atoms with Crippen molar-refractivity contribution in [3.05, 3.63) is 42.5 Å². The third kappa shape index (κ3) is 3.74. The summed E-state index contributed by atoms with van der Waals surface area (Å²) in [6, 6.07) is 14.8. The molecule has 1 saturated carbocycles. The van der Waals surface area contributed by atoms with Gasteiger partial charge in [-0.15, -0.1) is 0 Å². The highest BCUT2D eigenvalue weighted by atomic mass is 16.5. The molecule has 0 aromatic heterocycles. The standard InChI is InChI=1S/C18H23NO2/c19-15-8-10-16(11-9-15)20-12-13-21-18-7-3-5-14-4-1-2-6-17(14)18/h1-7,15-16H,8-13,19H2. The lowest BCUT2D eigenvalue weighted by Gasteiger charge is -2.26. The van der Waals surface area contributed by atoms with Crippen molar-refractivity contribution >= 4 is 10.8 Å². The summed E-state index contributed by atoms with van der Waals surface area (Å²) in [6.45, 7) is 1.24. The van der Waals surface area contributed by atoms with Crippen molar-refractivity contribution < 1.29 is 9.47 Å². The number of hydrogen-bond donors (Lipinski definition) is 1. The van der Waals surface area contributed by atoms with Gasteiger partial charge >= 0.3 is 0 Å². The van der Waals surface area contributed by atoms with E-state index in [1.54, 1.807) is 0 Å². The van der Waals surface area contributed by atoms with Gasteiger partial charge in [-0.2, -0.15) is 0 Å². The molecule has 3 nitrogen and oxygen atoms in total. The van der Waals surface area contributed by atoms with Crippen LogP contribution in [0.15, 0.2) is 42.5 Å². The molecule has 0 heterocycles. The van der Waals surface area contributed by atoms with E-state index in [2.05, 4.69) is 18.2 Å². The molecule has 21 heavy (non-hydrogen) atoms. The average Bonchev–Trinajstić information content (AvgIpc) is 2.53. The van der Waals surface area contributed by atoms with Crippen molar-refractivity contribution in [3.8, 4) is 5.75 Å². The van der Waals surface area contributed by atoms with Gasteiger partial charge in [-0.25, -0.2) is 0 Å². The first-order valence-corrected chi connectivity index (χ1v) is 7.80. The summed E-state index contributed by atoms with van der Waals surface area (Å²) in [5.74, 6) is 0.933. The molecule has 2 N–H and O–H groups in total. The third-order valence-corrected chi connectivity index (χ3v) is 4.16. The molecule has 3 rings (SSSR count). The van der Waals surface area contributed by atoms with Gasteiger partial charge in [0, 0.05) is 11.4 Å². The fourth-order valence-electron chi connectivity index (χ4n) is 2.94. The van der Waals surface area contributed by atoms with Gasteiger partial charge in [0.1, 0.15) is 12.4 Å². The fraction of sp³-hybridized carbons (Fsp3) is 0.444. The summed E-state index contributed by atoms with van der Waals surface area (Å²) in [4.78, 5) is 0. The number of hydrogen-bond acceptors (Lipinski definition) is 3. The Morgan fingerprint density at radius 3 is 2.52 bits per heavy atom. The van der Waals surface area contributed by atoms with Crippen molar-refractivity contribution in [2.24, 2.45) is 5.73 Å². The predicted molar refractivity (Wildman–Crippen MR) is 85.6 cm³/mol. The van der Waals surface area contributed by atoms with Crippen molar-refractivity contribution in [2.45, 2.75) is 37.8 Å². The largest absolute Gasteiger partial charge is 0.491 e. The molecular formula is C18H23NO2. The summed E-state index contributed by atoms with van der Waals surface area (Å²) in [5.41, 5.74) is 5.90. The van der Waals surface area contributed by atoms with Crippen LogP contribution in [0, 0.1) is 0 Å². The van der Waals surface area contributed by atoms with Crippen molar-refractivity contribution in [1.29, 1.82) is 0 Å². The zero-order chi connectivity index (χ0) is 14.5. The number of rotatable bonds is 5. The normalized spacial score (nSPS) is 22.3. The van der Waals surface area contributed by atoms with Gasteiger partial charge in [0.2, 0.25) is 0 Å². The predicted octanol–water partition coefficient (Wildman–Crippen LogP) is 3.51. The fourth-order valence-corrected chi connectivity index (χ4v) is 2.94. The Morgan fingerprint density at radius 2 is 1.67 bits per heavy atom. The van der Waals surface area contributed by atoms with Crippen molar-refractivity contribution in [1.82, 2.24) is 0 Å². The molecule has 0 unspecified atom stereocenters. The maximum Gasteiger partial charge on any atom is 0.127 e. The SMILES string of the molecule is NC1CCC(OCCOc2cccc3ccccc23)CC1. The van der Waals surface area contributed by atoms with E-state index in [9.17, 15) is 0 Å². The van der Waals surface area contributed by atoms with Gasteiger partial charge in [-0.05, 0) is 37.1 Å². The van der Waals surface area contributed by atoms with Crippen LogP contribution in [0.2, 0.25) is 0 Å². The zero-order valence-corrected chi connectivity index (χ0v) is 12.3. The van der Waals surface area contributed by atoms with E-state index in [4.69, 9.17) is 15.2 Å². The van der Waals surface area contributed by atoms with E-state index < -0.39 is 0 Å². The second kappa shape index (κ2) is 6.92. The molecule has 112 valence electrons. The van der Waals surface area contributed by atoms with Crippen LogP contribution in [-0.4, -0.2) is 25.4 Å². The van der Waals surface area contributed by atoms with Crippen LogP contribution < -0.4 is 10.5 Å². The van der Waals surface area contributed by atoms with E-state index in [-0.39, 0.29) is 0 Å². The van der Waals surface area contributed by atoms with E-state index in [0.29, 0.717) is 25.4 Å². The van der Waals surface area contributed by atoms with Crippen molar-refractivity contribution in [2.75, 3.05) is 13.2 Å². The topological polar surface area (TPSA) is 44.5 Å². The first-order chi connectivity index (χ1) is 10.3. The molecule has 2 aromatic carbocycles. The van der Waals surface area contributed by atoms with E-state index in [0.717, 1.165) is 36.8 Å². The molecule has 0 radical (unpaired) electrons. The van der Waals surface area contributed by atoms with E-state index in [1.807, 2.05) is 24.3 Å². The minimum atomic E-state index is 0.362. The lowest BCUT2D eigenvalue weighted by Crippen LogP contribution is -2.31. The first-order valence-electron chi connectivity index (χ1n) is 7.80. The highest BCUT2D eigenvalue weighted by Crippen LogP contribution is 2.25. The molecule has 0 spiro atoms. The lowest BCUT2D eigenvalue weighted by atomic mass is 9.94. The molecule has 1 aliphatic rings. The smallest absolute Gasteiger partial charge is 0.127 e. The Kier molecular flexibility index (Phi) is 4.73. The lowest BCUT2D eigenvalue weighted by molar-refractivity contribution is 0.0104. The molecule has 1 aliphatic carbocycles. The van der Waals surface area contributed by atoms with Gasteiger partial charge < -0.3 is 15.2 Å². The van der Waals surface area contributed by atoms with Crippen LogP contribution in [0.3, 0.4) is 0 Å². The molecule has 0 amide bonds. The highest BCUT2D eigenvalue weighted by molar-refractivity contribution is 5.88. The summed E-state index contributed by atoms with van der Waals surface area (Å²) in [5, 5.41) is 2.36. The van der Waals surface area contributed by atoms with Gasteiger partial charge in [-0.1, -0.05) is 36.4 Å². The van der Waals surface area contributed by atoms with Gasteiger partial charge in [-0.3, -0.25) is 0 Å². The monoisotopic (exact) mass is 285 g/mol. The van der Waals surface area contributed by atoms with Gasteiger partial charge in [0.15, 0.2) is 0 Å². The minimum absolute atomic E-state index is 0.362. The third-order valence-electron chi connectivity index (χ3n) is 4.16. The van der Waals surface area contributed by atoms with Crippen LogP contribution in [0.1, 0.15) is 25.7 Å². The molecule has 0 atom stereocenters. The Balaban J connectivity index is 1.48. The molecular weight excluding hydrogens is 262 g/mol. The summed E-state index contributed by atoms with van der Waals surface area (Å²) < 4.78 is 11.8. The van der Waals surface area contributed by atoms with Crippen LogP contribution in [0.25, 0.3) is 10.8 Å². The minimum Gasteiger partial charge on any atom is -0.491 e. The van der Waals surface area contributed by atoms with Crippen LogP contribution in [0.5, 0.6) is 5.75 Å². The summed E-state index contributed by atoms with van der Waals surface area (Å²) in [6.07, 6.45) is 4.68. The van der Waals surface area contributed by atoms with E-state index >= 15 is 0 Å². The molecule has 0 saturated heterocycles. The van der Waals surface area contributed by atoms with Crippen LogP contribution in [-0.2, 0) is 4.74 Å². The zero-order valence-electron chi connectivity index (χ0n) is 12.3. The summed E-state index contributed by atoms with van der Waals surface area (Å²) >= 11 is 0. The molecule has 1 fully saturated rings. The van der Waals surface area contributed by atoms with Gasteiger partial charge in [0.05, 0.1) is 12.7 Å². The molecule has 3 heteroatoms. The van der Waals surface area contributed by atoms with Crippen molar-refractivity contribution in [3.63, 3.8) is 0 Å². The number of benzene rings is 2. The molecule has 0 aliphatic heterocycles. The first kappa shape index (κ1) is 14.4.